The molecule has 1 fully saturated rings. The van der Waals surface area contributed by atoms with Crippen LogP contribution in [-0.4, -0.2) is 30.3 Å². The molecule has 0 spiro atoms. The molecule has 0 N–H and O–H groups in total. The molecule has 1 heterocycles. The molecule has 120 valence electrons. The van der Waals surface area contributed by atoms with Crippen LogP contribution in [0.3, 0.4) is 0 Å². The Bertz CT molecular complexity index is 711. The van der Waals surface area contributed by atoms with Gasteiger partial charge in [0.2, 0.25) is 0 Å². The first kappa shape index (κ1) is 16.2. The number of likely N-dealkylation sites (tertiary alicyclic amines) is 1. The lowest BCUT2D eigenvalue weighted by Crippen LogP contribution is -2.37. The van der Waals surface area contributed by atoms with Crippen molar-refractivity contribution in [3.63, 3.8) is 0 Å². The monoisotopic (exact) mass is 315 g/mol. The molecule has 0 atom stereocenters. The predicted octanol–water partition coefficient (Wildman–Crippen LogP) is 4.22. The van der Waals surface area contributed by atoms with Crippen molar-refractivity contribution in [3.05, 3.63) is 95.6 Å². The molecule has 3 rings (SSSR count). The van der Waals surface area contributed by atoms with Crippen molar-refractivity contribution in [2.45, 2.75) is 0 Å². The Morgan fingerprint density at radius 3 is 1.71 bits per heavy atom. The lowest BCUT2D eigenvalue weighted by Gasteiger charge is -2.28. The Kier molecular flexibility index (Phi) is 5.19. The molecule has 0 aromatic heterocycles. The van der Waals surface area contributed by atoms with Gasteiger partial charge >= 0.3 is 0 Å². The van der Waals surface area contributed by atoms with E-state index in [4.69, 9.17) is 0 Å². The second-order valence-electron chi connectivity index (χ2n) is 5.95. The summed E-state index contributed by atoms with van der Waals surface area (Å²) in [5.41, 5.74) is 3.77. The smallest absolute Gasteiger partial charge is 0.187 e. The van der Waals surface area contributed by atoms with E-state index in [-0.39, 0.29) is 5.78 Å². The number of ketones is 1. The summed E-state index contributed by atoms with van der Waals surface area (Å²) in [6.45, 7) is 5.91. The summed E-state index contributed by atoms with van der Waals surface area (Å²) < 4.78 is 0. The fourth-order valence-corrected chi connectivity index (χ4v) is 2.92. The van der Waals surface area contributed by atoms with Gasteiger partial charge in [0.25, 0.3) is 0 Å². The summed E-state index contributed by atoms with van der Waals surface area (Å²) in [7, 11) is 0. The molecule has 1 aliphatic rings. The zero-order chi connectivity index (χ0) is 16.8. The lowest BCUT2D eigenvalue weighted by molar-refractivity contribution is -0.113. The van der Waals surface area contributed by atoms with Gasteiger partial charge in [-0.2, -0.15) is 0 Å². The van der Waals surface area contributed by atoms with E-state index in [1.165, 1.54) is 0 Å². The van der Waals surface area contributed by atoms with Crippen LogP contribution in [0.15, 0.2) is 84.5 Å². The summed E-state index contributed by atoms with van der Waals surface area (Å²) in [5.74, 6) is 0.142. The van der Waals surface area contributed by atoms with Gasteiger partial charge in [-0.05, 0) is 23.3 Å². The van der Waals surface area contributed by atoms with Crippen molar-refractivity contribution in [3.8, 4) is 0 Å². The van der Waals surface area contributed by atoms with Crippen molar-refractivity contribution in [2.24, 2.45) is 0 Å². The van der Waals surface area contributed by atoms with E-state index in [0.717, 1.165) is 28.8 Å². The van der Waals surface area contributed by atoms with Gasteiger partial charge in [-0.15, -0.1) is 6.58 Å². The SMILES string of the molecule is C=CCN1C/C(=C/c2ccccc2)C(=O)/C(=C/c2ccccc2)C1. The number of Topliss-reactive ketones (excluding diaryl/α,β-unsaturated/α-hetero) is 1. The zero-order valence-electron chi connectivity index (χ0n) is 13.7. The third-order valence-electron chi connectivity index (χ3n) is 4.04. The van der Waals surface area contributed by atoms with Crippen LogP contribution in [0.25, 0.3) is 12.2 Å². The third-order valence-corrected chi connectivity index (χ3v) is 4.04. The average molecular weight is 315 g/mol. The van der Waals surface area contributed by atoms with Gasteiger partial charge in [0.1, 0.15) is 0 Å². The van der Waals surface area contributed by atoms with Crippen LogP contribution in [0.5, 0.6) is 0 Å². The van der Waals surface area contributed by atoms with Crippen molar-refractivity contribution in [1.82, 2.24) is 4.90 Å². The molecule has 2 nitrogen and oxygen atoms in total. The Balaban J connectivity index is 1.94. The topological polar surface area (TPSA) is 20.3 Å². The van der Waals surface area contributed by atoms with Gasteiger partial charge in [-0.3, -0.25) is 9.69 Å². The second-order valence-corrected chi connectivity index (χ2v) is 5.95. The van der Waals surface area contributed by atoms with Gasteiger partial charge < -0.3 is 0 Å². The van der Waals surface area contributed by atoms with Crippen molar-refractivity contribution in [1.29, 1.82) is 0 Å². The Hall–Kier alpha value is -2.71. The van der Waals surface area contributed by atoms with Crippen LogP contribution in [-0.2, 0) is 4.79 Å². The van der Waals surface area contributed by atoms with E-state index in [1.54, 1.807) is 0 Å². The number of piperidine rings is 1. The predicted molar refractivity (Wildman–Crippen MR) is 100 cm³/mol. The minimum atomic E-state index is 0.142. The molecule has 24 heavy (non-hydrogen) atoms. The van der Waals surface area contributed by atoms with Gasteiger partial charge in [0.15, 0.2) is 5.78 Å². The zero-order valence-corrected chi connectivity index (χ0v) is 13.7. The molecular weight excluding hydrogens is 294 g/mol. The third kappa shape index (κ3) is 3.98. The average Bonchev–Trinajstić information content (AvgIpc) is 2.61. The molecule has 1 aliphatic heterocycles. The molecule has 2 aromatic carbocycles. The molecule has 0 aliphatic carbocycles. The molecule has 1 saturated heterocycles. The minimum Gasteiger partial charge on any atom is -0.291 e. The molecule has 0 saturated carbocycles. The summed E-state index contributed by atoms with van der Waals surface area (Å²) in [6, 6.07) is 20.0. The largest absolute Gasteiger partial charge is 0.291 e. The van der Waals surface area contributed by atoms with Gasteiger partial charge in [-0.25, -0.2) is 0 Å². The Morgan fingerprint density at radius 2 is 1.29 bits per heavy atom. The first-order valence-corrected chi connectivity index (χ1v) is 8.15. The van der Waals surface area contributed by atoms with Crippen molar-refractivity contribution < 1.29 is 4.79 Å². The maximum absolute atomic E-state index is 12.9. The van der Waals surface area contributed by atoms with E-state index in [1.807, 2.05) is 78.9 Å². The highest BCUT2D eigenvalue weighted by molar-refractivity contribution is 6.14. The van der Waals surface area contributed by atoms with E-state index in [9.17, 15) is 4.79 Å². The standard InChI is InChI=1S/C22H21NO/c1-2-13-23-16-20(14-18-9-5-3-6-10-18)22(24)21(17-23)15-19-11-7-4-8-12-19/h2-12,14-15H,1,13,16-17H2/b20-14-,21-15+. The van der Waals surface area contributed by atoms with Gasteiger partial charge in [-0.1, -0.05) is 66.7 Å². The first-order valence-electron chi connectivity index (χ1n) is 8.15. The minimum absolute atomic E-state index is 0.142. The Labute approximate surface area is 143 Å². The first-order chi connectivity index (χ1) is 11.8. The van der Waals surface area contributed by atoms with Crippen LogP contribution >= 0.6 is 0 Å². The fourth-order valence-electron chi connectivity index (χ4n) is 2.92. The number of carbonyl (C=O) groups is 1. The van der Waals surface area contributed by atoms with Crippen LogP contribution in [0.4, 0.5) is 0 Å². The summed E-state index contributed by atoms with van der Waals surface area (Å²) in [5, 5.41) is 0. The number of benzene rings is 2. The summed E-state index contributed by atoms with van der Waals surface area (Å²) in [6.07, 6.45) is 5.88. The summed E-state index contributed by atoms with van der Waals surface area (Å²) in [4.78, 5) is 15.1. The van der Waals surface area contributed by atoms with E-state index >= 15 is 0 Å². The van der Waals surface area contributed by atoms with Crippen LogP contribution in [0, 0.1) is 0 Å². The van der Waals surface area contributed by atoms with Crippen LogP contribution < -0.4 is 0 Å². The normalized spacial score (nSPS) is 18.9. The molecule has 2 heteroatoms. The number of carbonyl (C=O) groups excluding carboxylic acids is 1. The molecule has 0 amide bonds. The Morgan fingerprint density at radius 1 is 0.833 bits per heavy atom. The molecule has 2 aromatic rings. The number of rotatable bonds is 4. The molecular formula is C22H21NO. The maximum Gasteiger partial charge on any atom is 0.187 e. The molecule has 0 radical (unpaired) electrons. The maximum atomic E-state index is 12.9. The van der Waals surface area contributed by atoms with E-state index < -0.39 is 0 Å². The van der Waals surface area contributed by atoms with Crippen molar-refractivity contribution in [2.75, 3.05) is 19.6 Å². The number of hydrogen-bond acceptors (Lipinski definition) is 2. The second kappa shape index (κ2) is 7.71. The number of hydrogen-bond donors (Lipinski definition) is 0. The van der Waals surface area contributed by atoms with E-state index in [0.29, 0.717) is 13.1 Å². The highest BCUT2D eigenvalue weighted by Crippen LogP contribution is 2.22. The molecule has 0 bridgehead atoms. The van der Waals surface area contributed by atoms with Crippen LogP contribution in [0.1, 0.15) is 11.1 Å². The highest BCUT2D eigenvalue weighted by atomic mass is 16.1. The lowest BCUT2D eigenvalue weighted by atomic mass is 9.94. The van der Waals surface area contributed by atoms with Crippen LogP contribution in [0.2, 0.25) is 0 Å². The summed E-state index contributed by atoms with van der Waals surface area (Å²) >= 11 is 0. The highest BCUT2D eigenvalue weighted by Gasteiger charge is 2.25. The quantitative estimate of drug-likeness (QED) is 0.622. The molecule has 0 unspecified atom stereocenters. The van der Waals surface area contributed by atoms with Gasteiger partial charge in [0.05, 0.1) is 0 Å². The number of nitrogens with zero attached hydrogens (tertiary/aromatic N) is 1. The fraction of sp³-hybridized carbons (Fsp3) is 0.136. The van der Waals surface area contributed by atoms with Gasteiger partial charge in [0, 0.05) is 30.8 Å². The van der Waals surface area contributed by atoms with Crippen molar-refractivity contribution >= 4 is 17.9 Å². The van der Waals surface area contributed by atoms with E-state index in [2.05, 4.69) is 11.5 Å².